The molecule has 10 heteroatoms. The number of hydrogen-bond donors (Lipinski definition) is 1. The number of rotatable bonds is 7. The number of alkyl halides is 3. The van der Waals surface area contributed by atoms with Gasteiger partial charge >= 0.3 is 6.18 Å². The molecule has 1 aromatic heterocycles. The molecule has 160 valence electrons. The van der Waals surface area contributed by atoms with Crippen molar-refractivity contribution in [2.45, 2.75) is 26.1 Å². The van der Waals surface area contributed by atoms with Crippen LogP contribution in [0.5, 0.6) is 11.5 Å². The van der Waals surface area contributed by atoms with Crippen LogP contribution >= 0.6 is 11.3 Å². The average molecular weight is 430 g/mol. The van der Waals surface area contributed by atoms with E-state index in [1.54, 1.807) is 21.3 Å². The SMILES string of the molecule is CN=C(NCCc1nc(C(F)(F)F)cs1)N(C)Cc1cc(OC)c(OC)cc1C. The van der Waals surface area contributed by atoms with Gasteiger partial charge < -0.3 is 19.7 Å². The van der Waals surface area contributed by atoms with E-state index < -0.39 is 11.9 Å². The molecule has 0 aliphatic carbocycles. The van der Waals surface area contributed by atoms with Crippen molar-refractivity contribution >= 4 is 17.3 Å². The van der Waals surface area contributed by atoms with Crippen LogP contribution in [0.2, 0.25) is 0 Å². The van der Waals surface area contributed by atoms with Crippen molar-refractivity contribution in [3.63, 3.8) is 0 Å². The van der Waals surface area contributed by atoms with E-state index in [0.29, 0.717) is 42.0 Å². The Morgan fingerprint density at radius 2 is 1.90 bits per heavy atom. The molecular formula is C19H25F3N4O2S. The molecule has 0 saturated carbocycles. The lowest BCUT2D eigenvalue weighted by molar-refractivity contribution is -0.140. The Morgan fingerprint density at radius 1 is 1.24 bits per heavy atom. The second-order valence-electron chi connectivity index (χ2n) is 6.34. The number of aliphatic imine (C=N–C) groups is 1. The van der Waals surface area contributed by atoms with Gasteiger partial charge in [0.1, 0.15) is 0 Å². The van der Waals surface area contributed by atoms with Gasteiger partial charge in [0.15, 0.2) is 23.2 Å². The Morgan fingerprint density at radius 3 is 2.45 bits per heavy atom. The van der Waals surface area contributed by atoms with E-state index in [9.17, 15) is 13.2 Å². The Hall–Kier alpha value is -2.49. The summed E-state index contributed by atoms with van der Waals surface area (Å²) in [6, 6.07) is 3.84. The van der Waals surface area contributed by atoms with Crippen LogP contribution in [0.4, 0.5) is 13.2 Å². The molecule has 0 spiro atoms. The highest BCUT2D eigenvalue weighted by Crippen LogP contribution is 2.31. The fraction of sp³-hybridized carbons (Fsp3) is 0.474. The first-order valence-corrected chi connectivity index (χ1v) is 9.72. The van der Waals surface area contributed by atoms with Gasteiger partial charge in [-0.15, -0.1) is 11.3 Å². The van der Waals surface area contributed by atoms with Crippen LogP contribution in [0.15, 0.2) is 22.5 Å². The van der Waals surface area contributed by atoms with Crippen LogP contribution in [0.1, 0.15) is 21.8 Å². The molecule has 0 radical (unpaired) electrons. The number of thiazole rings is 1. The quantitative estimate of drug-likeness (QED) is 0.536. The summed E-state index contributed by atoms with van der Waals surface area (Å²) in [4.78, 5) is 9.81. The molecule has 0 saturated heterocycles. The fourth-order valence-electron chi connectivity index (χ4n) is 2.75. The number of guanidine groups is 1. The number of hydrogen-bond acceptors (Lipinski definition) is 5. The van der Waals surface area contributed by atoms with Crippen LogP contribution in [0.25, 0.3) is 0 Å². The van der Waals surface area contributed by atoms with Gasteiger partial charge in [-0.3, -0.25) is 4.99 Å². The van der Waals surface area contributed by atoms with Gasteiger partial charge in [-0.2, -0.15) is 13.2 Å². The Balaban J connectivity index is 1.97. The van der Waals surface area contributed by atoms with Crippen LogP contribution in [0.3, 0.4) is 0 Å². The first-order valence-electron chi connectivity index (χ1n) is 8.84. The molecule has 0 amide bonds. The minimum atomic E-state index is -4.41. The maximum atomic E-state index is 12.6. The summed E-state index contributed by atoms with van der Waals surface area (Å²) in [5.41, 5.74) is 1.25. The number of methoxy groups -OCH3 is 2. The first-order chi connectivity index (χ1) is 13.7. The predicted molar refractivity (Wildman–Crippen MR) is 108 cm³/mol. The number of aromatic nitrogens is 1. The van der Waals surface area contributed by atoms with Crippen molar-refractivity contribution < 1.29 is 22.6 Å². The molecule has 0 aliphatic rings. The number of ether oxygens (including phenoxy) is 2. The summed E-state index contributed by atoms with van der Waals surface area (Å²) >= 11 is 1.01. The molecule has 0 atom stereocenters. The van der Waals surface area contributed by atoms with E-state index in [4.69, 9.17) is 9.47 Å². The van der Waals surface area contributed by atoms with Gasteiger partial charge in [0.05, 0.1) is 19.2 Å². The van der Waals surface area contributed by atoms with Crippen molar-refractivity contribution in [2.75, 3.05) is 34.9 Å². The van der Waals surface area contributed by atoms with Crippen LogP contribution < -0.4 is 14.8 Å². The average Bonchev–Trinajstić information content (AvgIpc) is 3.15. The highest BCUT2D eigenvalue weighted by Gasteiger charge is 2.33. The molecule has 1 N–H and O–H groups in total. The second kappa shape index (κ2) is 9.82. The highest BCUT2D eigenvalue weighted by molar-refractivity contribution is 7.09. The Bertz CT molecular complexity index is 852. The third kappa shape index (κ3) is 5.99. The first kappa shape index (κ1) is 22.8. The molecular weight excluding hydrogens is 405 g/mol. The topological polar surface area (TPSA) is 59.0 Å². The summed E-state index contributed by atoms with van der Waals surface area (Å²) in [5, 5.41) is 4.63. The van der Waals surface area contributed by atoms with Crippen molar-refractivity contribution in [1.29, 1.82) is 0 Å². The standard InChI is InChI=1S/C19H25F3N4O2S/c1-12-8-14(27-4)15(28-5)9-13(12)10-26(3)18(23-2)24-7-6-17-25-16(11-29-17)19(20,21)22/h8-9,11H,6-7,10H2,1-5H3,(H,23,24). The monoisotopic (exact) mass is 430 g/mol. The minimum Gasteiger partial charge on any atom is -0.493 e. The summed E-state index contributed by atoms with van der Waals surface area (Å²) in [5.74, 6) is 1.95. The number of aryl methyl sites for hydroxylation is 1. The zero-order chi connectivity index (χ0) is 21.6. The lowest BCUT2D eigenvalue weighted by Crippen LogP contribution is -2.39. The highest BCUT2D eigenvalue weighted by atomic mass is 32.1. The Kier molecular flexibility index (Phi) is 7.72. The summed E-state index contributed by atoms with van der Waals surface area (Å²) in [6.45, 7) is 2.98. The van der Waals surface area contributed by atoms with E-state index in [1.165, 1.54) is 0 Å². The van der Waals surface area contributed by atoms with Gasteiger partial charge in [0.25, 0.3) is 0 Å². The van der Waals surface area contributed by atoms with Gasteiger partial charge in [-0.1, -0.05) is 0 Å². The molecule has 0 unspecified atom stereocenters. The van der Waals surface area contributed by atoms with E-state index in [0.717, 1.165) is 27.8 Å². The van der Waals surface area contributed by atoms with Crippen LogP contribution in [-0.2, 0) is 19.1 Å². The second-order valence-corrected chi connectivity index (χ2v) is 7.28. The number of halogens is 3. The molecule has 0 bridgehead atoms. The molecule has 0 fully saturated rings. The molecule has 29 heavy (non-hydrogen) atoms. The van der Waals surface area contributed by atoms with Gasteiger partial charge in [-0.25, -0.2) is 4.98 Å². The third-order valence-electron chi connectivity index (χ3n) is 4.29. The van der Waals surface area contributed by atoms with Gasteiger partial charge in [-0.05, 0) is 30.2 Å². The zero-order valence-electron chi connectivity index (χ0n) is 17.1. The van der Waals surface area contributed by atoms with Crippen molar-refractivity contribution in [2.24, 2.45) is 4.99 Å². The normalized spacial score (nSPS) is 12.1. The van der Waals surface area contributed by atoms with Crippen LogP contribution in [-0.4, -0.2) is 50.7 Å². The third-order valence-corrected chi connectivity index (χ3v) is 5.20. The molecule has 2 rings (SSSR count). The van der Waals surface area contributed by atoms with E-state index in [1.807, 2.05) is 31.0 Å². The lowest BCUT2D eigenvalue weighted by atomic mass is 10.1. The van der Waals surface area contributed by atoms with Gasteiger partial charge in [0.2, 0.25) is 0 Å². The maximum absolute atomic E-state index is 12.6. The smallest absolute Gasteiger partial charge is 0.434 e. The zero-order valence-corrected chi connectivity index (χ0v) is 17.9. The Labute approximate surface area is 172 Å². The van der Waals surface area contributed by atoms with Crippen molar-refractivity contribution in [1.82, 2.24) is 15.2 Å². The van der Waals surface area contributed by atoms with Crippen molar-refractivity contribution in [3.05, 3.63) is 39.3 Å². The minimum absolute atomic E-state index is 0.378. The molecule has 1 aromatic carbocycles. The van der Waals surface area contributed by atoms with Crippen molar-refractivity contribution in [3.8, 4) is 11.5 Å². The number of nitrogens with one attached hydrogen (secondary N) is 1. The molecule has 2 aromatic rings. The fourth-order valence-corrected chi connectivity index (χ4v) is 3.55. The molecule has 6 nitrogen and oxygen atoms in total. The van der Waals surface area contributed by atoms with Gasteiger partial charge in [0, 0.05) is 39.0 Å². The summed E-state index contributed by atoms with van der Waals surface area (Å²) in [7, 11) is 6.72. The van der Waals surface area contributed by atoms with Crippen LogP contribution in [0, 0.1) is 6.92 Å². The maximum Gasteiger partial charge on any atom is 0.434 e. The summed E-state index contributed by atoms with van der Waals surface area (Å²) < 4.78 is 48.6. The number of benzene rings is 1. The molecule has 1 heterocycles. The molecule has 0 aliphatic heterocycles. The largest absolute Gasteiger partial charge is 0.493 e. The predicted octanol–water partition coefficient (Wildman–Crippen LogP) is 3.74. The van der Waals surface area contributed by atoms with E-state index >= 15 is 0 Å². The number of nitrogens with zero attached hydrogens (tertiary/aromatic N) is 3. The van der Waals surface area contributed by atoms with E-state index in [-0.39, 0.29) is 0 Å². The summed E-state index contributed by atoms with van der Waals surface area (Å²) in [6.07, 6.45) is -4.03. The lowest BCUT2D eigenvalue weighted by Gasteiger charge is -2.23. The van der Waals surface area contributed by atoms with E-state index in [2.05, 4.69) is 15.3 Å².